The second kappa shape index (κ2) is 4.61. The number of hydrogen-bond donors (Lipinski definition) is 1. The van der Waals surface area contributed by atoms with Gasteiger partial charge in [-0.2, -0.15) is 0 Å². The summed E-state index contributed by atoms with van der Waals surface area (Å²) in [6.45, 7) is 0.748. The van der Waals surface area contributed by atoms with E-state index in [1.807, 2.05) is 23.0 Å². The monoisotopic (exact) mass is 255 g/mol. The van der Waals surface area contributed by atoms with E-state index >= 15 is 0 Å². The molecule has 0 aliphatic carbocycles. The number of imidazole rings is 1. The Labute approximate surface area is 109 Å². The number of benzene rings is 1. The first kappa shape index (κ1) is 11.5. The molecule has 19 heavy (non-hydrogen) atoms. The maximum absolute atomic E-state index is 11.5. The maximum atomic E-state index is 11.5. The summed E-state index contributed by atoms with van der Waals surface area (Å²) in [4.78, 5) is 18.7. The van der Waals surface area contributed by atoms with Crippen LogP contribution in [0.1, 0.15) is 15.9 Å². The van der Waals surface area contributed by atoms with Crippen LogP contribution in [0.15, 0.2) is 43.1 Å². The number of carbonyl (C=O) groups is 1. The van der Waals surface area contributed by atoms with E-state index in [0.717, 1.165) is 23.0 Å². The Morgan fingerprint density at radius 2 is 2.37 bits per heavy atom. The molecule has 5 heteroatoms. The lowest BCUT2D eigenvalue weighted by atomic mass is 10.1. The fourth-order valence-corrected chi connectivity index (χ4v) is 2.14. The van der Waals surface area contributed by atoms with Crippen molar-refractivity contribution < 1.29 is 9.53 Å². The van der Waals surface area contributed by atoms with Crippen LogP contribution in [-0.4, -0.2) is 27.6 Å². The van der Waals surface area contributed by atoms with Crippen molar-refractivity contribution in [3.63, 3.8) is 0 Å². The lowest BCUT2D eigenvalue weighted by Crippen LogP contribution is -2.00. The smallest absolute Gasteiger partial charge is 0.337 e. The molecule has 0 aliphatic heterocycles. The lowest BCUT2D eigenvalue weighted by molar-refractivity contribution is 0.0601. The molecule has 96 valence electrons. The molecule has 0 saturated heterocycles. The van der Waals surface area contributed by atoms with E-state index in [4.69, 9.17) is 4.74 Å². The SMILES string of the molecule is COC(=O)c1ccc2c(Cn3ccnc3)c[nH]c2c1. The van der Waals surface area contributed by atoms with Crippen LogP contribution in [0, 0.1) is 0 Å². The minimum absolute atomic E-state index is 0.326. The second-order valence-corrected chi connectivity index (χ2v) is 4.30. The van der Waals surface area contributed by atoms with Gasteiger partial charge >= 0.3 is 5.97 Å². The average molecular weight is 255 g/mol. The van der Waals surface area contributed by atoms with E-state index < -0.39 is 0 Å². The molecule has 2 aromatic heterocycles. The highest BCUT2D eigenvalue weighted by Gasteiger charge is 2.09. The van der Waals surface area contributed by atoms with E-state index in [1.54, 1.807) is 24.7 Å². The topological polar surface area (TPSA) is 59.9 Å². The van der Waals surface area contributed by atoms with E-state index in [0.29, 0.717) is 5.56 Å². The highest BCUT2D eigenvalue weighted by Crippen LogP contribution is 2.21. The zero-order chi connectivity index (χ0) is 13.2. The molecule has 0 radical (unpaired) electrons. The number of rotatable bonds is 3. The van der Waals surface area contributed by atoms with Gasteiger partial charge in [0.05, 0.1) is 25.5 Å². The van der Waals surface area contributed by atoms with Crippen LogP contribution in [-0.2, 0) is 11.3 Å². The quantitative estimate of drug-likeness (QED) is 0.730. The first-order valence-electron chi connectivity index (χ1n) is 5.92. The lowest BCUT2D eigenvalue weighted by Gasteiger charge is -2.02. The van der Waals surface area contributed by atoms with Crippen molar-refractivity contribution in [2.75, 3.05) is 7.11 Å². The molecule has 0 aliphatic rings. The van der Waals surface area contributed by atoms with Gasteiger partial charge in [-0.25, -0.2) is 9.78 Å². The third-order valence-corrected chi connectivity index (χ3v) is 3.10. The summed E-state index contributed by atoms with van der Waals surface area (Å²) in [5.74, 6) is -0.326. The molecule has 0 atom stereocenters. The van der Waals surface area contributed by atoms with Gasteiger partial charge in [0.25, 0.3) is 0 Å². The van der Waals surface area contributed by atoms with E-state index in [2.05, 4.69) is 9.97 Å². The number of aromatic nitrogens is 3. The second-order valence-electron chi connectivity index (χ2n) is 4.30. The molecule has 0 unspecified atom stereocenters. The maximum Gasteiger partial charge on any atom is 0.337 e. The fraction of sp³-hybridized carbons (Fsp3) is 0.143. The van der Waals surface area contributed by atoms with Gasteiger partial charge in [-0.1, -0.05) is 6.07 Å². The molecule has 5 nitrogen and oxygen atoms in total. The third-order valence-electron chi connectivity index (χ3n) is 3.10. The van der Waals surface area contributed by atoms with Crippen LogP contribution in [0.2, 0.25) is 0 Å². The largest absolute Gasteiger partial charge is 0.465 e. The summed E-state index contributed by atoms with van der Waals surface area (Å²) in [5, 5.41) is 1.10. The number of nitrogens with zero attached hydrogens (tertiary/aromatic N) is 2. The molecule has 1 aromatic carbocycles. The van der Waals surface area contributed by atoms with Crippen molar-refractivity contribution in [3.8, 4) is 0 Å². The van der Waals surface area contributed by atoms with Gasteiger partial charge in [-0.05, 0) is 17.7 Å². The van der Waals surface area contributed by atoms with E-state index in [9.17, 15) is 4.79 Å². The van der Waals surface area contributed by atoms with Gasteiger partial charge in [-0.15, -0.1) is 0 Å². The van der Waals surface area contributed by atoms with Gasteiger partial charge in [0.15, 0.2) is 0 Å². The number of methoxy groups -OCH3 is 1. The van der Waals surface area contributed by atoms with Gasteiger partial charge in [0.1, 0.15) is 0 Å². The molecular formula is C14H13N3O2. The predicted octanol–water partition coefficient (Wildman–Crippen LogP) is 2.20. The average Bonchev–Trinajstić information content (AvgIpc) is 3.08. The first-order valence-corrected chi connectivity index (χ1v) is 5.92. The molecule has 1 N–H and O–H groups in total. The highest BCUT2D eigenvalue weighted by atomic mass is 16.5. The first-order chi connectivity index (χ1) is 9.28. The summed E-state index contributed by atoms with van der Waals surface area (Å²) >= 11 is 0. The molecule has 2 heterocycles. The molecule has 0 fully saturated rings. The predicted molar refractivity (Wildman–Crippen MR) is 71.0 cm³/mol. The minimum atomic E-state index is -0.326. The number of esters is 1. The number of ether oxygens (including phenoxy) is 1. The Balaban J connectivity index is 1.98. The highest BCUT2D eigenvalue weighted by molar-refractivity contribution is 5.95. The zero-order valence-corrected chi connectivity index (χ0v) is 10.5. The zero-order valence-electron chi connectivity index (χ0n) is 10.5. The van der Waals surface area contributed by atoms with E-state index in [-0.39, 0.29) is 5.97 Å². The Morgan fingerprint density at radius 3 is 3.11 bits per heavy atom. The van der Waals surface area contributed by atoms with Crippen molar-refractivity contribution in [2.24, 2.45) is 0 Å². The third kappa shape index (κ3) is 2.10. The molecule has 3 aromatic rings. The van der Waals surface area contributed by atoms with Crippen LogP contribution < -0.4 is 0 Å². The normalized spacial score (nSPS) is 10.8. The van der Waals surface area contributed by atoms with Crippen LogP contribution in [0.25, 0.3) is 10.9 Å². The Morgan fingerprint density at radius 1 is 1.47 bits per heavy atom. The van der Waals surface area contributed by atoms with Crippen molar-refractivity contribution >= 4 is 16.9 Å². The van der Waals surface area contributed by atoms with Crippen molar-refractivity contribution in [1.29, 1.82) is 0 Å². The number of nitrogens with one attached hydrogen (secondary N) is 1. The Kier molecular flexibility index (Phi) is 2.79. The van der Waals surface area contributed by atoms with Gasteiger partial charge in [0, 0.05) is 29.5 Å². The summed E-state index contributed by atoms with van der Waals surface area (Å²) in [6, 6.07) is 5.52. The number of aromatic amines is 1. The summed E-state index contributed by atoms with van der Waals surface area (Å²) < 4.78 is 6.71. The van der Waals surface area contributed by atoms with Crippen LogP contribution in [0.3, 0.4) is 0 Å². The molecule has 0 bridgehead atoms. The van der Waals surface area contributed by atoms with Gasteiger partial charge in [-0.3, -0.25) is 0 Å². The molecule has 0 spiro atoms. The molecule has 0 amide bonds. The van der Waals surface area contributed by atoms with Crippen LogP contribution in [0.5, 0.6) is 0 Å². The van der Waals surface area contributed by atoms with Crippen LogP contribution in [0.4, 0.5) is 0 Å². The minimum Gasteiger partial charge on any atom is -0.465 e. The van der Waals surface area contributed by atoms with Crippen molar-refractivity contribution in [3.05, 3.63) is 54.2 Å². The van der Waals surface area contributed by atoms with Gasteiger partial charge in [0.2, 0.25) is 0 Å². The van der Waals surface area contributed by atoms with E-state index in [1.165, 1.54) is 7.11 Å². The Bertz CT molecular complexity index is 713. The fourth-order valence-electron chi connectivity index (χ4n) is 2.14. The number of hydrogen-bond acceptors (Lipinski definition) is 3. The molecule has 0 saturated carbocycles. The van der Waals surface area contributed by atoms with Crippen molar-refractivity contribution in [1.82, 2.24) is 14.5 Å². The molecule has 3 rings (SSSR count). The number of fused-ring (bicyclic) bond motifs is 1. The summed E-state index contributed by atoms with van der Waals surface area (Å²) in [6.07, 6.45) is 7.40. The Hall–Kier alpha value is -2.56. The number of H-pyrrole nitrogens is 1. The summed E-state index contributed by atoms with van der Waals surface area (Å²) in [5.41, 5.74) is 2.63. The summed E-state index contributed by atoms with van der Waals surface area (Å²) in [7, 11) is 1.38. The van der Waals surface area contributed by atoms with Crippen LogP contribution >= 0.6 is 0 Å². The van der Waals surface area contributed by atoms with Crippen molar-refractivity contribution in [2.45, 2.75) is 6.54 Å². The van der Waals surface area contributed by atoms with Gasteiger partial charge < -0.3 is 14.3 Å². The standard InChI is InChI=1S/C14H13N3O2/c1-19-14(18)10-2-3-12-11(7-16-13(12)6-10)8-17-5-4-15-9-17/h2-7,9,16H,8H2,1H3. The molecular weight excluding hydrogens is 242 g/mol. The number of carbonyl (C=O) groups excluding carboxylic acids is 1.